The lowest BCUT2D eigenvalue weighted by molar-refractivity contribution is 0.277. The van der Waals surface area contributed by atoms with Crippen LogP contribution in [0.25, 0.3) is 0 Å². The van der Waals surface area contributed by atoms with Crippen molar-refractivity contribution >= 4 is 5.96 Å². The van der Waals surface area contributed by atoms with Gasteiger partial charge < -0.3 is 16.5 Å². The molecular weight excluding hydrogens is 164 g/mol. The zero-order valence-electron chi connectivity index (χ0n) is 8.58. The van der Waals surface area contributed by atoms with Crippen LogP contribution in [0.2, 0.25) is 0 Å². The van der Waals surface area contributed by atoms with Gasteiger partial charge in [0.15, 0.2) is 0 Å². The molecule has 0 radical (unpaired) electrons. The third-order valence-electron chi connectivity index (χ3n) is 3.39. The Morgan fingerprint density at radius 3 is 2.46 bits per heavy atom. The fourth-order valence-corrected chi connectivity index (χ4v) is 2.04. The molecule has 0 bridgehead atoms. The summed E-state index contributed by atoms with van der Waals surface area (Å²) in [6.45, 7) is 6.48. The summed E-state index contributed by atoms with van der Waals surface area (Å²) in [5, 5.41) is 3.52. The average molecular weight is 184 g/mol. The molecule has 13 heavy (non-hydrogen) atoms. The lowest BCUT2D eigenvalue weighted by Crippen LogP contribution is -2.38. The van der Waals surface area contributed by atoms with Crippen molar-refractivity contribution in [3.8, 4) is 0 Å². The van der Waals surface area contributed by atoms with Crippen molar-refractivity contribution in [1.29, 1.82) is 0 Å². The van der Waals surface area contributed by atoms with Crippen LogP contribution in [0.4, 0.5) is 0 Å². The molecule has 1 rings (SSSR count). The predicted molar refractivity (Wildman–Crippen MR) is 55.0 cm³/mol. The van der Waals surface area contributed by atoms with E-state index in [9.17, 15) is 0 Å². The van der Waals surface area contributed by atoms with E-state index in [1.54, 1.807) is 0 Å². The molecule has 0 aromatic rings. The van der Waals surface area contributed by atoms with Crippen molar-refractivity contribution in [2.24, 2.45) is 22.1 Å². The molecule has 1 aliphatic rings. The van der Waals surface area contributed by atoms with Gasteiger partial charge in [0.25, 0.3) is 0 Å². The Bertz CT molecular complexity index is 196. The zero-order chi connectivity index (χ0) is 9.90. The van der Waals surface area contributed by atoms with Crippen LogP contribution in [-0.2, 0) is 0 Å². The van der Waals surface area contributed by atoms with Gasteiger partial charge in [-0.15, -0.1) is 5.10 Å². The van der Waals surface area contributed by atoms with E-state index in [4.69, 9.17) is 11.6 Å². The molecule has 4 N–H and O–H groups in total. The van der Waals surface area contributed by atoms with Gasteiger partial charge in [-0.3, -0.25) is 0 Å². The Hall–Kier alpha value is -0.930. The van der Waals surface area contributed by atoms with Crippen LogP contribution in [0.15, 0.2) is 5.10 Å². The van der Waals surface area contributed by atoms with Crippen molar-refractivity contribution in [3.63, 3.8) is 0 Å². The third-order valence-corrected chi connectivity index (χ3v) is 3.39. The molecule has 0 aromatic carbocycles. The summed E-state index contributed by atoms with van der Waals surface area (Å²) in [6, 6.07) is 0. The van der Waals surface area contributed by atoms with Crippen LogP contribution in [0.1, 0.15) is 33.1 Å². The molecule has 0 atom stereocenters. The lowest BCUT2D eigenvalue weighted by Gasteiger charge is -2.26. The second kappa shape index (κ2) is 3.85. The van der Waals surface area contributed by atoms with Crippen molar-refractivity contribution < 1.29 is 0 Å². The van der Waals surface area contributed by atoms with Crippen LogP contribution in [-0.4, -0.2) is 23.9 Å². The Morgan fingerprint density at radius 2 is 2.08 bits per heavy atom. The second-order valence-electron chi connectivity index (χ2n) is 3.87. The zero-order valence-corrected chi connectivity index (χ0v) is 8.58. The van der Waals surface area contributed by atoms with E-state index >= 15 is 0 Å². The molecule has 1 saturated heterocycles. The summed E-state index contributed by atoms with van der Waals surface area (Å²) in [4.78, 5) is 2.08. The molecule has 1 heterocycles. The fraction of sp³-hybridized carbons (Fsp3) is 0.889. The molecule has 76 valence electrons. The summed E-state index contributed by atoms with van der Waals surface area (Å²) in [7, 11) is 0. The fourth-order valence-electron chi connectivity index (χ4n) is 2.04. The normalized spacial score (nSPS) is 22.3. The molecule has 0 amide bonds. The number of nitrogens with zero attached hydrogens (tertiary/aromatic N) is 2. The molecule has 4 nitrogen and oxygen atoms in total. The maximum Gasteiger partial charge on any atom is 0.213 e. The number of nitrogens with two attached hydrogens (primary N) is 2. The van der Waals surface area contributed by atoms with Crippen molar-refractivity contribution in [2.75, 3.05) is 13.1 Å². The molecule has 0 aromatic heterocycles. The highest BCUT2D eigenvalue weighted by Gasteiger charge is 2.35. The number of guanidine groups is 1. The first kappa shape index (κ1) is 10.2. The lowest BCUT2D eigenvalue weighted by atomic mass is 9.82. The number of hydrazone groups is 1. The van der Waals surface area contributed by atoms with Gasteiger partial charge in [-0.05, 0) is 24.7 Å². The first-order valence-corrected chi connectivity index (χ1v) is 4.95. The van der Waals surface area contributed by atoms with Gasteiger partial charge in [-0.2, -0.15) is 0 Å². The molecular formula is C9H20N4. The average Bonchev–Trinajstić information content (AvgIpc) is 2.61. The minimum absolute atomic E-state index is 0.440. The number of hydrogen-bond acceptors (Lipinski definition) is 2. The summed E-state index contributed by atoms with van der Waals surface area (Å²) < 4.78 is 0. The van der Waals surface area contributed by atoms with Crippen molar-refractivity contribution in [1.82, 2.24) is 4.90 Å². The summed E-state index contributed by atoms with van der Waals surface area (Å²) in [5.74, 6) is 5.62. The first-order chi connectivity index (χ1) is 6.17. The quantitative estimate of drug-likeness (QED) is 0.287. The monoisotopic (exact) mass is 184 g/mol. The highest BCUT2D eigenvalue weighted by Crippen LogP contribution is 2.36. The molecule has 0 spiro atoms. The van der Waals surface area contributed by atoms with Gasteiger partial charge in [-0.1, -0.05) is 13.8 Å². The third kappa shape index (κ3) is 1.87. The van der Waals surface area contributed by atoms with Gasteiger partial charge in [0.1, 0.15) is 0 Å². The standard InChI is InChI=1S/C9H20N4/c1-3-9(4-2)5-6-13(7-9)8(10)12-11/h3-7,11H2,1-2H3,(H2,10,12). The number of hydrogen-bond donors (Lipinski definition) is 2. The van der Waals surface area contributed by atoms with Gasteiger partial charge >= 0.3 is 0 Å². The van der Waals surface area contributed by atoms with E-state index in [0.717, 1.165) is 13.1 Å². The Kier molecular flexibility index (Phi) is 3.01. The van der Waals surface area contributed by atoms with E-state index in [1.165, 1.54) is 19.3 Å². The maximum absolute atomic E-state index is 5.66. The molecule has 0 aliphatic carbocycles. The molecule has 1 fully saturated rings. The van der Waals surface area contributed by atoms with Crippen LogP contribution in [0.5, 0.6) is 0 Å². The topological polar surface area (TPSA) is 67.6 Å². The van der Waals surface area contributed by atoms with Crippen LogP contribution in [0, 0.1) is 5.41 Å². The number of likely N-dealkylation sites (tertiary alicyclic amines) is 1. The SMILES string of the molecule is CCC1(CC)CCN(C(N)=NN)C1. The molecule has 4 heteroatoms. The van der Waals surface area contributed by atoms with E-state index in [0.29, 0.717) is 11.4 Å². The summed E-state index contributed by atoms with van der Waals surface area (Å²) >= 11 is 0. The first-order valence-electron chi connectivity index (χ1n) is 4.95. The molecule has 1 aliphatic heterocycles. The number of rotatable bonds is 2. The van der Waals surface area contributed by atoms with E-state index < -0.39 is 0 Å². The highest BCUT2D eigenvalue weighted by atomic mass is 15.3. The largest absolute Gasteiger partial charge is 0.368 e. The van der Waals surface area contributed by atoms with Crippen molar-refractivity contribution in [2.45, 2.75) is 33.1 Å². The Labute approximate surface area is 80.0 Å². The van der Waals surface area contributed by atoms with Crippen LogP contribution < -0.4 is 11.6 Å². The van der Waals surface area contributed by atoms with Crippen LogP contribution in [0.3, 0.4) is 0 Å². The van der Waals surface area contributed by atoms with Crippen molar-refractivity contribution in [3.05, 3.63) is 0 Å². The highest BCUT2D eigenvalue weighted by molar-refractivity contribution is 5.78. The van der Waals surface area contributed by atoms with Crippen LogP contribution >= 0.6 is 0 Å². The summed E-state index contributed by atoms with van der Waals surface area (Å²) in [6.07, 6.45) is 3.62. The van der Waals surface area contributed by atoms with Gasteiger partial charge in [-0.25, -0.2) is 0 Å². The molecule has 0 unspecified atom stereocenters. The maximum atomic E-state index is 5.66. The van der Waals surface area contributed by atoms with Gasteiger partial charge in [0, 0.05) is 13.1 Å². The Balaban J connectivity index is 2.62. The van der Waals surface area contributed by atoms with E-state index in [2.05, 4.69) is 23.8 Å². The minimum Gasteiger partial charge on any atom is -0.368 e. The van der Waals surface area contributed by atoms with E-state index in [1.807, 2.05) is 0 Å². The predicted octanol–water partition coefficient (Wildman–Crippen LogP) is 0.687. The minimum atomic E-state index is 0.440. The van der Waals surface area contributed by atoms with E-state index in [-0.39, 0.29) is 0 Å². The van der Waals surface area contributed by atoms with Gasteiger partial charge in [0.05, 0.1) is 0 Å². The smallest absolute Gasteiger partial charge is 0.213 e. The molecule has 0 saturated carbocycles. The Morgan fingerprint density at radius 1 is 1.46 bits per heavy atom. The van der Waals surface area contributed by atoms with Gasteiger partial charge in [0.2, 0.25) is 5.96 Å². The second-order valence-corrected chi connectivity index (χ2v) is 3.87. The summed E-state index contributed by atoms with van der Waals surface area (Å²) in [5.41, 5.74) is 6.10.